The van der Waals surface area contributed by atoms with Crippen LogP contribution in [0.15, 0.2) is 48.5 Å². The van der Waals surface area contributed by atoms with Crippen molar-refractivity contribution in [3.8, 4) is 5.75 Å². The fourth-order valence-electron chi connectivity index (χ4n) is 2.29. The number of cyclic esters (lactones) is 2. The van der Waals surface area contributed by atoms with Crippen LogP contribution in [0.25, 0.3) is 11.1 Å². The van der Waals surface area contributed by atoms with Gasteiger partial charge >= 0.3 is 11.9 Å². The van der Waals surface area contributed by atoms with Crippen LogP contribution < -0.4 is 4.74 Å². The molecule has 0 aromatic heterocycles. The highest BCUT2D eigenvalue weighted by atomic mass is 35.5. The average molecular weight is 315 g/mol. The second-order valence-corrected chi connectivity index (χ2v) is 5.10. The summed E-state index contributed by atoms with van der Waals surface area (Å²) in [6, 6.07) is 13.5. The summed E-state index contributed by atoms with van der Waals surface area (Å²) in [4.78, 5) is 24.1. The third-order valence-corrected chi connectivity index (χ3v) is 3.61. The smallest absolute Gasteiger partial charge is 0.347 e. The zero-order valence-corrected chi connectivity index (χ0v) is 12.4. The molecule has 0 N–H and O–H groups in total. The summed E-state index contributed by atoms with van der Waals surface area (Å²) in [5, 5.41) is 0.549. The second-order valence-electron chi connectivity index (χ2n) is 4.66. The van der Waals surface area contributed by atoms with E-state index >= 15 is 0 Å². The van der Waals surface area contributed by atoms with Crippen LogP contribution in [0.1, 0.15) is 11.1 Å². The minimum atomic E-state index is -0.654. The Balaban J connectivity index is 2.15. The minimum Gasteiger partial charge on any atom is -0.497 e. The number of methoxy groups -OCH3 is 1. The van der Waals surface area contributed by atoms with Gasteiger partial charge in [0.25, 0.3) is 0 Å². The molecule has 2 aromatic carbocycles. The fourth-order valence-corrected chi connectivity index (χ4v) is 2.41. The van der Waals surface area contributed by atoms with Crippen LogP contribution >= 0.6 is 11.6 Å². The van der Waals surface area contributed by atoms with Gasteiger partial charge < -0.3 is 9.47 Å². The Labute approximate surface area is 131 Å². The highest BCUT2D eigenvalue weighted by Crippen LogP contribution is 2.34. The third kappa shape index (κ3) is 2.49. The number of carbonyl (C=O) groups excluding carboxylic acids is 2. The Bertz CT molecular complexity index is 773. The number of halogens is 1. The van der Waals surface area contributed by atoms with E-state index in [1.165, 1.54) is 0 Å². The van der Waals surface area contributed by atoms with Gasteiger partial charge in [-0.15, -0.1) is 0 Å². The number of ether oxygens (including phenoxy) is 2. The zero-order chi connectivity index (χ0) is 15.7. The maximum atomic E-state index is 12.0. The van der Waals surface area contributed by atoms with Crippen LogP contribution in [0, 0.1) is 0 Å². The maximum Gasteiger partial charge on any atom is 0.347 e. The number of carbonyl (C=O) groups is 2. The van der Waals surface area contributed by atoms with Crippen molar-refractivity contribution in [2.45, 2.75) is 0 Å². The van der Waals surface area contributed by atoms with Crippen molar-refractivity contribution in [1.29, 1.82) is 0 Å². The van der Waals surface area contributed by atoms with Crippen LogP contribution in [0.5, 0.6) is 5.75 Å². The molecule has 0 saturated carbocycles. The molecule has 0 bridgehead atoms. The van der Waals surface area contributed by atoms with Gasteiger partial charge in [0.2, 0.25) is 0 Å². The van der Waals surface area contributed by atoms with Gasteiger partial charge in [0, 0.05) is 5.02 Å². The summed E-state index contributed by atoms with van der Waals surface area (Å²) in [6.07, 6.45) is 0. The lowest BCUT2D eigenvalue weighted by molar-refractivity contribution is -0.149. The first kappa shape index (κ1) is 14.4. The topological polar surface area (TPSA) is 52.6 Å². The number of rotatable bonds is 3. The first-order chi connectivity index (χ1) is 10.6. The number of hydrogen-bond donors (Lipinski definition) is 0. The molecule has 0 unspecified atom stereocenters. The molecular formula is C17H11ClO4. The maximum absolute atomic E-state index is 12.0. The summed E-state index contributed by atoms with van der Waals surface area (Å²) in [7, 11) is 1.56. The molecule has 0 radical (unpaired) electrons. The van der Waals surface area contributed by atoms with E-state index in [1.807, 2.05) is 0 Å². The van der Waals surface area contributed by atoms with Crippen molar-refractivity contribution in [2.75, 3.05) is 7.11 Å². The number of benzene rings is 2. The van der Waals surface area contributed by atoms with Gasteiger partial charge in [-0.1, -0.05) is 35.9 Å². The van der Waals surface area contributed by atoms with Gasteiger partial charge in [-0.25, -0.2) is 9.59 Å². The van der Waals surface area contributed by atoms with Crippen LogP contribution in [0.2, 0.25) is 5.02 Å². The van der Waals surface area contributed by atoms with Crippen LogP contribution in [-0.2, 0) is 14.3 Å². The van der Waals surface area contributed by atoms with Gasteiger partial charge in [-0.05, 0) is 35.4 Å². The minimum absolute atomic E-state index is 0.242. The van der Waals surface area contributed by atoms with Gasteiger partial charge in [0.1, 0.15) is 5.75 Å². The molecule has 1 heterocycles. The molecule has 2 aromatic rings. The predicted octanol–water partition coefficient (Wildman–Crippen LogP) is 3.34. The molecule has 4 nitrogen and oxygen atoms in total. The van der Waals surface area contributed by atoms with Crippen LogP contribution in [0.3, 0.4) is 0 Å². The predicted molar refractivity (Wildman–Crippen MR) is 82.4 cm³/mol. The van der Waals surface area contributed by atoms with Crippen molar-refractivity contribution < 1.29 is 19.1 Å². The lowest BCUT2D eigenvalue weighted by Crippen LogP contribution is -2.02. The largest absolute Gasteiger partial charge is 0.497 e. The average Bonchev–Trinajstić information content (AvgIpc) is 2.82. The summed E-state index contributed by atoms with van der Waals surface area (Å²) in [5.41, 5.74) is 1.68. The molecule has 5 heteroatoms. The molecule has 0 fully saturated rings. The first-order valence-electron chi connectivity index (χ1n) is 6.51. The second kappa shape index (κ2) is 5.66. The van der Waals surface area contributed by atoms with Gasteiger partial charge in [0.15, 0.2) is 0 Å². The highest BCUT2D eigenvalue weighted by molar-refractivity contribution is 6.44. The van der Waals surface area contributed by atoms with Crippen molar-refractivity contribution in [3.05, 3.63) is 64.7 Å². The Morgan fingerprint density at radius 3 is 1.73 bits per heavy atom. The Morgan fingerprint density at radius 2 is 1.27 bits per heavy atom. The summed E-state index contributed by atoms with van der Waals surface area (Å²) < 4.78 is 9.86. The van der Waals surface area contributed by atoms with E-state index in [4.69, 9.17) is 21.1 Å². The van der Waals surface area contributed by atoms with Crippen molar-refractivity contribution >= 4 is 34.7 Å². The van der Waals surface area contributed by atoms with Crippen LogP contribution in [-0.4, -0.2) is 19.0 Å². The summed E-state index contributed by atoms with van der Waals surface area (Å²) in [6.45, 7) is 0. The van der Waals surface area contributed by atoms with E-state index in [0.29, 0.717) is 21.9 Å². The molecule has 22 heavy (non-hydrogen) atoms. The van der Waals surface area contributed by atoms with Crippen molar-refractivity contribution in [3.63, 3.8) is 0 Å². The van der Waals surface area contributed by atoms with Gasteiger partial charge in [0.05, 0.1) is 18.3 Å². The number of hydrogen-bond acceptors (Lipinski definition) is 4. The number of esters is 2. The zero-order valence-electron chi connectivity index (χ0n) is 11.6. The Kier molecular flexibility index (Phi) is 3.69. The molecule has 110 valence electrons. The van der Waals surface area contributed by atoms with E-state index < -0.39 is 11.9 Å². The SMILES string of the molecule is COc1ccc(C2=C(c3ccc(Cl)cc3)C(=O)OC2=O)cc1. The third-order valence-electron chi connectivity index (χ3n) is 3.36. The Morgan fingerprint density at radius 1 is 0.818 bits per heavy atom. The summed E-state index contributed by atoms with van der Waals surface area (Å²) in [5.74, 6) is -0.645. The molecule has 0 saturated heterocycles. The molecule has 0 atom stereocenters. The molecule has 0 amide bonds. The van der Waals surface area contributed by atoms with E-state index in [2.05, 4.69) is 0 Å². The highest BCUT2D eigenvalue weighted by Gasteiger charge is 2.34. The fraction of sp³-hybridized carbons (Fsp3) is 0.0588. The van der Waals surface area contributed by atoms with E-state index in [9.17, 15) is 9.59 Å². The first-order valence-corrected chi connectivity index (χ1v) is 6.89. The van der Waals surface area contributed by atoms with E-state index in [1.54, 1.807) is 55.6 Å². The van der Waals surface area contributed by atoms with Crippen LogP contribution in [0.4, 0.5) is 0 Å². The molecule has 1 aliphatic rings. The molecule has 3 rings (SSSR count). The normalized spacial score (nSPS) is 14.3. The van der Waals surface area contributed by atoms with Crippen molar-refractivity contribution in [1.82, 2.24) is 0 Å². The lowest BCUT2D eigenvalue weighted by atomic mass is 9.96. The van der Waals surface area contributed by atoms with Gasteiger partial charge in [-0.2, -0.15) is 0 Å². The van der Waals surface area contributed by atoms with E-state index in [-0.39, 0.29) is 11.1 Å². The molecule has 1 aliphatic heterocycles. The molecule has 0 spiro atoms. The van der Waals surface area contributed by atoms with Crippen molar-refractivity contribution in [2.24, 2.45) is 0 Å². The quantitative estimate of drug-likeness (QED) is 0.644. The molecule has 0 aliphatic carbocycles. The Hall–Kier alpha value is -2.59. The molecular weight excluding hydrogens is 304 g/mol. The lowest BCUT2D eigenvalue weighted by Gasteiger charge is -2.05. The monoisotopic (exact) mass is 314 g/mol. The standard InChI is InChI=1S/C17H11ClO4/c1-21-13-8-4-11(5-9-13)15-14(16(19)22-17(15)20)10-2-6-12(18)7-3-10/h2-9H,1H3. The van der Waals surface area contributed by atoms with E-state index in [0.717, 1.165) is 0 Å². The van der Waals surface area contributed by atoms with Gasteiger partial charge in [-0.3, -0.25) is 0 Å². The summed E-state index contributed by atoms with van der Waals surface area (Å²) >= 11 is 5.86.